The number of hydrogen-bond acceptors (Lipinski definition) is 3. The lowest BCUT2D eigenvalue weighted by Gasteiger charge is -2.31. The Morgan fingerprint density at radius 1 is 1.62 bits per heavy atom. The van der Waals surface area contributed by atoms with Gasteiger partial charge in [-0.05, 0) is 32.5 Å². The number of aromatic nitrogens is 2. The minimum Gasteiger partial charge on any atom is -0.330 e. The molecule has 1 aromatic heterocycles. The number of nitrogens with zero attached hydrogens (tertiary/aromatic N) is 3. The molecule has 0 spiro atoms. The number of piperidine rings is 1. The van der Waals surface area contributed by atoms with Gasteiger partial charge in [0.2, 0.25) is 0 Å². The summed E-state index contributed by atoms with van der Waals surface area (Å²) in [4.78, 5) is 2.38. The Bertz CT molecular complexity index is 334. The zero-order valence-corrected chi connectivity index (χ0v) is 10.3. The van der Waals surface area contributed by atoms with Gasteiger partial charge in [-0.1, -0.05) is 6.92 Å². The molecule has 2 N–H and O–H groups in total. The highest BCUT2D eigenvalue weighted by Gasteiger charge is 2.22. The Morgan fingerprint density at radius 2 is 2.44 bits per heavy atom. The molecule has 16 heavy (non-hydrogen) atoms. The molecular weight excluding hydrogens is 200 g/mol. The standard InChI is InChI=1S/C12H22N4/c1-10(8-13)12-5-6-14-16(12)11-4-3-7-15(2)9-11/h5-6,10-11H,3-4,7-9,13H2,1-2H3. The molecule has 1 aliphatic heterocycles. The fourth-order valence-corrected chi connectivity index (χ4v) is 2.48. The van der Waals surface area contributed by atoms with Crippen LogP contribution in [0.3, 0.4) is 0 Å². The Labute approximate surface area is 97.4 Å². The molecule has 1 saturated heterocycles. The van der Waals surface area contributed by atoms with Crippen LogP contribution in [0, 0.1) is 0 Å². The van der Waals surface area contributed by atoms with Crippen molar-refractivity contribution in [2.75, 3.05) is 26.7 Å². The highest BCUT2D eigenvalue weighted by Crippen LogP contribution is 2.24. The van der Waals surface area contributed by atoms with E-state index in [-0.39, 0.29) is 0 Å². The van der Waals surface area contributed by atoms with Gasteiger partial charge < -0.3 is 10.6 Å². The van der Waals surface area contributed by atoms with Crippen LogP contribution in [0.5, 0.6) is 0 Å². The maximum Gasteiger partial charge on any atom is 0.0649 e. The first kappa shape index (κ1) is 11.6. The van der Waals surface area contributed by atoms with Crippen LogP contribution in [-0.2, 0) is 0 Å². The molecule has 2 rings (SSSR count). The lowest BCUT2D eigenvalue weighted by Crippen LogP contribution is -2.35. The van der Waals surface area contributed by atoms with Crippen molar-refractivity contribution in [2.45, 2.75) is 31.7 Å². The number of hydrogen-bond donors (Lipinski definition) is 1. The molecule has 2 unspecified atom stereocenters. The zero-order chi connectivity index (χ0) is 11.5. The first-order valence-electron chi connectivity index (χ1n) is 6.14. The summed E-state index contributed by atoms with van der Waals surface area (Å²) in [5.41, 5.74) is 7.02. The fourth-order valence-electron chi connectivity index (χ4n) is 2.48. The van der Waals surface area contributed by atoms with Crippen molar-refractivity contribution in [3.8, 4) is 0 Å². The van der Waals surface area contributed by atoms with Crippen molar-refractivity contribution in [1.29, 1.82) is 0 Å². The van der Waals surface area contributed by atoms with E-state index in [1.165, 1.54) is 25.1 Å². The Hall–Kier alpha value is -0.870. The highest BCUT2D eigenvalue weighted by molar-refractivity contribution is 5.08. The molecule has 4 nitrogen and oxygen atoms in total. The van der Waals surface area contributed by atoms with Crippen LogP contribution in [0.1, 0.15) is 37.4 Å². The van der Waals surface area contributed by atoms with Gasteiger partial charge in [-0.25, -0.2) is 0 Å². The van der Waals surface area contributed by atoms with Crippen LogP contribution in [-0.4, -0.2) is 41.4 Å². The van der Waals surface area contributed by atoms with E-state index in [1.54, 1.807) is 0 Å². The van der Waals surface area contributed by atoms with Crippen molar-refractivity contribution >= 4 is 0 Å². The van der Waals surface area contributed by atoms with Crippen LogP contribution in [0.15, 0.2) is 12.3 Å². The van der Waals surface area contributed by atoms with E-state index < -0.39 is 0 Å². The Morgan fingerprint density at radius 3 is 3.12 bits per heavy atom. The molecule has 0 saturated carbocycles. The van der Waals surface area contributed by atoms with Gasteiger partial charge in [-0.3, -0.25) is 4.68 Å². The van der Waals surface area contributed by atoms with Crippen LogP contribution in [0.25, 0.3) is 0 Å². The Kier molecular flexibility index (Phi) is 3.61. The number of nitrogens with two attached hydrogens (primary N) is 1. The van der Waals surface area contributed by atoms with Crippen molar-refractivity contribution in [3.63, 3.8) is 0 Å². The largest absolute Gasteiger partial charge is 0.330 e. The van der Waals surface area contributed by atoms with Crippen molar-refractivity contribution < 1.29 is 0 Å². The molecule has 90 valence electrons. The highest BCUT2D eigenvalue weighted by atomic mass is 15.3. The average Bonchev–Trinajstić information content (AvgIpc) is 2.77. The second kappa shape index (κ2) is 4.97. The van der Waals surface area contributed by atoms with E-state index in [1.807, 2.05) is 6.20 Å². The second-order valence-corrected chi connectivity index (χ2v) is 4.90. The summed E-state index contributed by atoms with van der Waals surface area (Å²) in [6.45, 7) is 5.17. The van der Waals surface area contributed by atoms with Gasteiger partial charge in [0.25, 0.3) is 0 Å². The molecule has 2 heterocycles. The third kappa shape index (κ3) is 2.28. The normalized spacial score (nSPS) is 24.6. The summed E-state index contributed by atoms with van der Waals surface area (Å²) in [7, 11) is 2.18. The third-order valence-corrected chi connectivity index (χ3v) is 3.50. The zero-order valence-electron chi connectivity index (χ0n) is 10.3. The van der Waals surface area contributed by atoms with Gasteiger partial charge in [-0.2, -0.15) is 5.10 Å². The lowest BCUT2D eigenvalue weighted by molar-refractivity contribution is 0.199. The molecule has 1 aliphatic rings. The van der Waals surface area contributed by atoms with Crippen LogP contribution < -0.4 is 5.73 Å². The van der Waals surface area contributed by atoms with Gasteiger partial charge in [-0.15, -0.1) is 0 Å². The van der Waals surface area contributed by atoms with E-state index in [4.69, 9.17) is 5.73 Å². The maximum absolute atomic E-state index is 5.74. The van der Waals surface area contributed by atoms with Crippen molar-refractivity contribution in [2.24, 2.45) is 5.73 Å². The van der Waals surface area contributed by atoms with Crippen LogP contribution >= 0.6 is 0 Å². The van der Waals surface area contributed by atoms with E-state index in [0.717, 1.165) is 6.54 Å². The maximum atomic E-state index is 5.74. The number of rotatable bonds is 3. The molecule has 4 heteroatoms. The van der Waals surface area contributed by atoms with E-state index in [0.29, 0.717) is 18.5 Å². The first-order valence-corrected chi connectivity index (χ1v) is 6.14. The third-order valence-electron chi connectivity index (χ3n) is 3.50. The minimum absolute atomic E-state index is 0.398. The smallest absolute Gasteiger partial charge is 0.0649 e. The SMILES string of the molecule is CC(CN)c1ccnn1C1CCCN(C)C1. The molecular formula is C12H22N4. The fraction of sp³-hybridized carbons (Fsp3) is 0.750. The molecule has 0 amide bonds. The minimum atomic E-state index is 0.398. The quantitative estimate of drug-likeness (QED) is 0.836. The molecule has 0 aromatic carbocycles. The van der Waals surface area contributed by atoms with Gasteiger partial charge >= 0.3 is 0 Å². The summed E-state index contributed by atoms with van der Waals surface area (Å²) in [6, 6.07) is 2.63. The lowest BCUT2D eigenvalue weighted by atomic mass is 10.0. The number of likely N-dealkylation sites (tertiary alicyclic amines) is 1. The topological polar surface area (TPSA) is 47.1 Å². The summed E-state index contributed by atoms with van der Waals surface area (Å²) >= 11 is 0. The molecule has 1 fully saturated rings. The van der Waals surface area contributed by atoms with Crippen LogP contribution in [0.4, 0.5) is 0 Å². The second-order valence-electron chi connectivity index (χ2n) is 4.90. The Balaban J connectivity index is 2.16. The monoisotopic (exact) mass is 222 g/mol. The van der Waals surface area contributed by atoms with Crippen molar-refractivity contribution in [3.05, 3.63) is 18.0 Å². The molecule has 0 aliphatic carbocycles. The molecule has 2 atom stereocenters. The summed E-state index contributed by atoms with van der Waals surface area (Å²) < 4.78 is 2.19. The van der Waals surface area contributed by atoms with Gasteiger partial charge in [0.05, 0.1) is 6.04 Å². The van der Waals surface area contributed by atoms with Gasteiger partial charge in [0.1, 0.15) is 0 Å². The van der Waals surface area contributed by atoms with E-state index in [9.17, 15) is 0 Å². The van der Waals surface area contributed by atoms with E-state index >= 15 is 0 Å². The predicted molar refractivity (Wildman–Crippen MR) is 65.5 cm³/mol. The van der Waals surface area contributed by atoms with Gasteiger partial charge in [0, 0.05) is 30.9 Å². The summed E-state index contributed by atoms with van der Waals surface area (Å²) in [5.74, 6) is 0.398. The van der Waals surface area contributed by atoms with Crippen LogP contribution in [0.2, 0.25) is 0 Å². The van der Waals surface area contributed by atoms with E-state index in [2.05, 4.69) is 34.7 Å². The predicted octanol–water partition coefficient (Wildman–Crippen LogP) is 1.21. The number of likely N-dealkylation sites (N-methyl/N-ethyl adjacent to an activating group) is 1. The molecule has 1 aromatic rings. The summed E-state index contributed by atoms with van der Waals surface area (Å²) in [5, 5.41) is 4.48. The van der Waals surface area contributed by atoms with Gasteiger partial charge in [0.15, 0.2) is 0 Å². The summed E-state index contributed by atoms with van der Waals surface area (Å²) in [6.07, 6.45) is 4.39. The molecule has 0 bridgehead atoms. The first-order chi connectivity index (χ1) is 7.72. The average molecular weight is 222 g/mol. The molecule has 0 radical (unpaired) electrons. The van der Waals surface area contributed by atoms with Crippen molar-refractivity contribution in [1.82, 2.24) is 14.7 Å².